The van der Waals surface area contributed by atoms with E-state index >= 15 is 0 Å². The topological polar surface area (TPSA) is 32.8 Å². The van der Waals surface area contributed by atoms with Gasteiger partial charge in [-0.2, -0.15) is 0 Å². The molecule has 96 valence electrons. The highest BCUT2D eigenvalue weighted by atomic mass is 16.6. The maximum absolute atomic E-state index is 10.6. The molecule has 0 aromatic carbocycles. The largest absolute Gasteiger partial charge is 0.390 e. The molecule has 0 spiro atoms. The highest BCUT2D eigenvalue weighted by Crippen LogP contribution is 2.61. The van der Waals surface area contributed by atoms with Crippen molar-refractivity contribution in [1.82, 2.24) is 0 Å². The standard InChI is InChI=1S/C15H24O2/c1-9(2)15-8-5-10(3)11-6-7-14(4,16)12(11)13(15)17-15/h9,11-13,16H,3,5-8H2,1-2,4H3/t11-,12+,13-,14-,15-/m0/s1. The molecule has 0 radical (unpaired) electrons. The van der Waals surface area contributed by atoms with Crippen LogP contribution in [0.2, 0.25) is 0 Å². The Labute approximate surface area is 104 Å². The van der Waals surface area contributed by atoms with Gasteiger partial charge in [-0.25, -0.2) is 0 Å². The third-order valence-electron chi connectivity index (χ3n) is 5.55. The first-order valence-electron chi connectivity index (χ1n) is 6.96. The van der Waals surface area contributed by atoms with Crippen molar-refractivity contribution in [3.8, 4) is 0 Å². The van der Waals surface area contributed by atoms with E-state index in [9.17, 15) is 5.11 Å². The van der Waals surface area contributed by atoms with Gasteiger partial charge in [0.1, 0.15) is 0 Å². The minimum atomic E-state index is -0.556. The molecular formula is C15H24O2. The Bertz CT molecular complexity index is 358. The Hall–Kier alpha value is -0.340. The van der Waals surface area contributed by atoms with E-state index in [-0.39, 0.29) is 17.6 Å². The Morgan fingerprint density at radius 2 is 2.12 bits per heavy atom. The summed E-state index contributed by atoms with van der Waals surface area (Å²) in [5, 5.41) is 10.6. The number of rotatable bonds is 1. The summed E-state index contributed by atoms with van der Waals surface area (Å²) in [5.41, 5.74) is 0.833. The Morgan fingerprint density at radius 1 is 1.41 bits per heavy atom. The van der Waals surface area contributed by atoms with E-state index in [2.05, 4.69) is 20.4 Å². The molecule has 1 N–H and O–H groups in total. The van der Waals surface area contributed by atoms with Crippen LogP contribution in [0.5, 0.6) is 0 Å². The Balaban J connectivity index is 1.96. The normalized spacial score (nSPS) is 53.2. The van der Waals surface area contributed by atoms with E-state index < -0.39 is 5.60 Å². The third-order valence-corrected chi connectivity index (χ3v) is 5.55. The van der Waals surface area contributed by atoms with Gasteiger partial charge in [0.05, 0.1) is 17.3 Å². The van der Waals surface area contributed by atoms with E-state index in [0.717, 1.165) is 25.7 Å². The average molecular weight is 236 g/mol. The highest BCUT2D eigenvalue weighted by molar-refractivity contribution is 5.23. The lowest BCUT2D eigenvalue weighted by Crippen LogP contribution is -2.38. The van der Waals surface area contributed by atoms with E-state index in [1.54, 1.807) is 0 Å². The number of hydrogen-bond acceptors (Lipinski definition) is 2. The molecule has 0 unspecified atom stereocenters. The maximum Gasteiger partial charge on any atom is 0.0978 e. The molecule has 2 nitrogen and oxygen atoms in total. The fourth-order valence-corrected chi connectivity index (χ4v) is 4.30. The summed E-state index contributed by atoms with van der Waals surface area (Å²) in [6.07, 6.45) is 4.42. The van der Waals surface area contributed by atoms with Crippen molar-refractivity contribution >= 4 is 0 Å². The molecule has 3 aliphatic rings. The van der Waals surface area contributed by atoms with Crippen LogP contribution >= 0.6 is 0 Å². The number of hydrogen-bond donors (Lipinski definition) is 1. The van der Waals surface area contributed by atoms with Gasteiger partial charge in [0, 0.05) is 5.92 Å². The second-order valence-corrected chi connectivity index (χ2v) is 6.83. The predicted octanol–water partition coefficient (Wildman–Crippen LogP) is 2.91. The van der Waals surface area contributed by atoms with Crippen LogP contribution < -0.4 is 0 Å². The van der Waals surface area contributed by atoms with E-state index in [1.165, 1.54) is 5.57 Å². The number of aliphatic hydroxyl groups is 1. The van der Waals surface area contributed by atoms with Gasteiger partial charge in [0.15, 0.2) is 0 Å². The third kappa shape index (κ3) is 1.47. The number of epoxide rings is 1. The smallest absolute Gasteiger partial charge is 0.0978 e. The second-order valence-electron chi connectivity index (χ2n) is 6.83. The second kappa shape index (κ2) is 3.36. The van der Waals surface area contributed by atoms with Crippen LogP contribution in [0.1, 0.15) is 46.5 Å². The first kappa shape index (κ1) is 11.7. The maximum atomic E-state index is 10.6. The van der Waals surface area contributed by atoms with Crippen molar-refractivity contribution in [2.75, 3.05) is 0 Å². The summed E-state index contributed by atoms with van der Waals surface area (Å²) in [4.78, 5) is 0. The number of ether oxygens (including phenoxy) is 1. The zero-order chi connectivity index (χ0) is 12.4. The number of allylic oxidation sites excluding steroid dienone is 1. The lowest BCUT2D eigenvalue weighted by Gasteiger charge is -2.28. The zero-order valence-electron chi connectivity index (χ0n) is 11.2. The van der Waals surface area contributed by atoms with Crippen LogP contribution in [0.3, 0.4) is 0 Å². The molecule has 0 aromatic heterocycles. The van der Waals surface area contributed by atoms with Crippen molar-refractivity contribution in [2.24, 2.45) is 17.8 Å². The van der Waals surface area contributed by atoms with Crippen LogP contribution in [0.15, 0.2) is 12.2 Å². The molecule has 2 aliphatic carbocycles. The Kier molecular flexibility index (Phi) is 2.32. The molecule has 0 aromatic rings. The SMILES string of the molecule is C=C1CC[C@@]2(C(C)C)O[C@H]2[C@H]2[C@H]1CC[C@]2(C)O. The molecule has 3 rings (SSSR count). The molecule has 3 fully saturated rings. The minimum absolute atomic E-state index is 0.0384. The van der Waals surface area contributed by atoms with Crippen molar-refractivity contribution in [1.29, 1.82) is 0 Å². The summed E-state index contributed by atoms with van der Waals surface area (Å²) in [5.74, 6) is 1.30. The summed E-state index contributed by atoms with van der Waals surface area (Å²) in [7, 11) is 0. The molecule has 17 heavy (non-hydrogen) atoms. The summed E-state index contributed by atoms with van der Waals surface area (Å²) < 4.78 is 6.10. The highest BCUT2D eigenvalue weighted by Gasteiger charge is 2.68. The first-order valence-corrected chi connectivity index (χ1v) is 6.96. The van der Waals surface area contributed by atoms with E-state index in [1.807, 2.05) is 6.92 Å². The van der Waals surface area contributed by atoms with Gasteiger partial charge < -0.3 is 9.84 Å². The van der Waals surface area contributed by atoms with Gasteiger partial charge in [0.25, 0.3) is 0 Å². The van der Waals surface area contributed by atoms with Crippen LogP contribution in [-0.4, -0.2) is 22.4 Å². The molecular weight excluding hydrogens is 212 g/mol. The minimum Gasteiger partial charge on any atom is -0.390 e. The molecule has 1 saturated heterocycles. The molecule has 1 heterocycles. The van der Waals surface area contributed by atoms with E-state index in [4.69, 9.17) is 4.74 Å². The molecule has 2 heteroatoms. The fraction of sp³-hybridized carbons (Fsp3) is 0.867. The van der Waals surface area contributed by atoms with Crippen molar-refractivity contribution in [3.05, 3.63) is 12.2 Å². The molecule has 0 bridgehead atoms. The lowest BCUT2D eigenvalue weighted by molar-refractivity contribution is 0.00193. The van der Waals surface area contributed by atoms with Gasteiger partial charge in [0.2, 0.25) is 0 Å². The fourth-order valence-electron chi connectivity index (χ4n) is 4.30. The van der Waals surface area contributed by atoms with Crippen molar-refractivity contribution < 1.29 is 9.84 Å². The van der Waals surface area contributed by atoms with Crippen LogP contribution in [0, 0.1) is 17.8 Å². The lowest BCUT2D eigenvalue weighted by atomic mass is 9.77. The van der Waals surface area contributed by atoms with E-state index in [0.29, 0.717) is 11.8 Å². The van der Waals surface area contributed by atoms with Crippen LogP contribution in [0.4, 0.5) is 0 Å². The first-order chi connectivity index (χ1) is 7.88. The number of fused-ring (bicyclic) bond motifs is 3. The van der Waals surface area contributed by atoms with Gasteiger partial charge in [-0.1, -0.05) is 26.0 Å². The average Bonchev–Trinajstić information content (AvgIpc) is 2.88. The predicted molar refractivity (Wildman–Crippen MR) is 67.7 cm³/mol. The monoisotopic (exact) mass is 236 g/mol. The van der Waals surface area contributed by atoms with Gasteiger partial charge in [-0.15, -0.1) is 0 Å². The van der Waals surface area contributed by atoms with Crippen molar-refractivity contribution in [2.45, 2.75) is 63.8 Å². The molecule has 1 aliphatic heterocycles. The Morgan fingerprint density at radius 3 is 2.76 bits per heavy atom. The summed E-state index contributed by atoms with van der Waals surface area (Å²) >= 11 is 0. The molecule has 2 saturated carbocycles. The van der Waals surface area contributed by atoms with Crippen LogP contribution in [0.25, 0.3) is 0 Å². The van der Waals surface area contributed by atoms with Gasteiger partial charge in [-0.3, -0.25) is 0 Å². The quantitative estimate of drug-likeness (QED) is 0.561. The van der Waals surface area contributed by atoms with Crippen LogP contribution in [-0.2, 0) is 4.74 Å². The molecule has 5 atom stereocenters. The summed E-state index contributed by atoms with van der Waals surface area (Å²) in [6, 6.07) is 0. The van der Waals surface area contributed by atoms with Gasteiger partial charge in [-0.05, 0) is 44.4 Å². The van der Waals surface area contributed by atoms with Gasteiger partial charge >= 0.3 is 0 Å². The van der Waals surface area contributed by atoms with Crippen molar-refractivity contribution in [3.63, 3.8) is 0 Å². The molecule has 0 amide bonds. The zero-order valence-corrected chi connectivity index (χ0v) is 11.2. The summed E-state index contributed by atoms with van der Waals surface area (Å²) in [6.45, 7) is 10.7.